The van der Waals surface area contributed by atoms with Crippen LogP contribution in [0.2, 0.25) is 0 Å². The molecule has 7 heteroatoms. The van der Waals surface area contributed by atoms with Gasteiger partial charge in [0.25, 0.3) is 0 Å². The van der Waals surface area contributed by atoms with Gasteiger partial charge in [0.2, 0.25) is 5.91 Å². The molecule has 6 nitrogen and oxygen atoms in total. The highest BCUT2D eigenvalue weighted by atomic mass is 127. The van der Waals surface area contributed by atoms with Crippen LogP contribution >= 0.6 is 24.0 Å². The van der Waals surface area contributed by atoms with Crippen molar-refractivity contribution in [2.24, 2.45) is 16.8 Å². The van der Waals surface area contributed by atoms with Gasteiger partial charge in [-0.3, -0.25) is 14.8 Å². The number of anilines is 1. The first kappa shape index (κ1) is 20.7. The van der Waals surface area contributed by atoms with Crippen LogP contribution in [0.1, 0.15) is 26.7 Å². The molecule has 1 amide bonds. The van der Waals surface area contributed by atoms with Crippen molar-refractivity contribution < 1.29 is 4.79 Å². The van der Waals surface area contributed by atoms with Crippen LogP contribution < -0.4 is 10.6 Å². The van der Waals surface area contributed by atoms with Gasteiger partial charge >= 0.3 is 0 Å². The fourth-order valence-corrected chi connectivity index (χ4v) is 3.02. The molecule has 1 saturated heterocycles. The molecule has 0 aromatic carbocycles. The summed E-state index contributed by atoms with van der Waals surface area (Å²) in [6.07, 6.45) is 5.75. The summed E-state index contributed by atoms with van der Waals surface area (Å²) in [6, 6.07) is 3.61. The second kappa shape index (κ2) is 10.5. The van der Waals surface area contributed by atoms with Crippen molar-refractivity contribution in [3.63, 3.8) is 0 Å². The zero-order chi connectivity index (χ0) is 16.7. The Balaban J connectivity index is 0.00000288. The molecule has 1 aliphatic rings. The minimum atomic E-state index is -0.0999. The van der Waals surface area contributed by atoms with E-state index in [-0.39, 0.29) is 36.4 Å². The molecule has 0 saturated carbocycles. The zero-order valence-corrected chi connectivity index (χ0v) is 17.0. The normalized spacial score (nSPS) is 17.6. The molecule has 0 bridgehead atoms. The van der Waals surface area contributed by atoms with Crippen molar-refractivity contribution >= 4 is 41.5 Å². The van der Waals surface area contributed by atoms with Gasteiger partial charge in [0.15, 0.2) is 5.96 Å². The Morgan fingerprint density at radius 2 is 2.29 bits per heavy atom. The van der Waals surface area contributed by atoms with E-state index in [0.29, 0.717) is 5.69 Å². The molecule has 1 unspecified atom stereocenters. The van der Waals surface area contributed by atoms with Gasteiger partial charge in [0, 0.05) is 26.3 Å². The zero-order valence-electron chi connectivity index (χ0n) is 14.7. The van der Waals surface area contributed by atoms with Crippen molar-refractivity contribution in [3.05, 3.63) is 24.5 Å². The van der Waals surface area contributed by atoms with Crippen LogP contribution in [0.15, 0.2) is 29.5 Å². The molecule has 1 atom stereocenters. The van der Waals surface area contributed by atoms with Crippen LogP contribution in [0.4, 0.5) is 5.69 Å². The molecule has 134 valence electrons. The monoisotopic (exact) mass is 445 g/mol. The molecular weight excluding hydrogens is 417 g/mol. The van der Waals surface area contributed by atoms with Crippen molar-refractivity contribution in [3.8, 4) is 0 Å². The molecule has 2 rings (SSSR count). The summed E-state index contributed by atoms with van der Waals surface area (Å²) in [5.74, 6) is 2.15. The van der Waals surface area contributed by atoms with E-state index >= 15 is 0 Å². The average molecular weight is 445 g/mol. The minimum absolute atomic E-state index is 0. The molecule has 0 spiro atoms. The summed E-state index contributed by atoms with van der Waals surface area (Å²) < 4.78 is 0. The van der Waals surface area contributed by atoms with Crippen molar-refractivity contribution in [2.75, 3.05) is 32.0 Å². The van der Waals surface area contributed by atoms with Crippen LogP contribution in [0.5, 0.6) is 0 Å². The van der Waals surface area contributed by atoms with E-state index in [2.05, 4.69) is 39.4 Å². The molecule has 2 heterocycles. The highest BCUT2D eigenvalue weighted by Gasteiger charge is 2.25. The number of amides is 1. The van der Waals surface area contributed by atoms with E-state index in [9.17, 15) is 4.79 Å². The Bertz CT molecular complexity index is 535. The molecule has 0 radical (unpaired) electrons. The van der Waals surface area contributed by atoms with E-state index in [1.165, 1.54) is 12.8 Å². The van der Waals surface area contributed by atoms with E-state index in [1.54, 1.807) is 25.5 Å². The third kappa shape index (κ3) is 6.62. The molecular formula is C17H28IN5O. The lowest BCUT2D eigenvalue weighted by Gasteiger charge is -2.22. The first-order chi connectivity index (χ1) is 11.1. The van der Waals surface area contributed by atoms with Gasteiger partial charge in [0.1, 0.15) is 0 Å². The van der Waals surface area contributed by atoms with E-state index in [0.717, 1.165) is 30.9 Å². The smallest absolute Gasteiger partial charge is 0.243 e. The number of hydrogen-bond donors (Lipinski definition) is 2. The number of halogens is 1. The third-order valence-electron chi connectivity index (χ3n) is 3.95. The van der Waals surface area contributed by atoms with Gasteiger partial charge in [-0.05, 0) is 36.8 Å². The molecule has 24 heavy (non-hydrogen) atoms. The van der Waals surface area contributed by atoms with Crippen LogP contribution in [0, 0.1) is 11.8 Å². The lowest BCUT2D eigenvalue weighted by atomic mass is 9.97. The molecule has 2 N–H and O–H groups in total. The highest BCUT2D eigenvalue weighted by molar-refractivity contribution is 14.0. The Kier molecular flexibility index (Phi) is 9.02. The number of pyridine rings is 1. The quantitative estimate of drug-likeness (QED) is 0.416. The first-order valence-corrected chi connectivity index (χ1v) is 8.24. The van der Waals surface area contributed by atoms with Crippen molar-refractivity contribution in [2.45, 2.75) is 26.7 Å². The van der Waals surface area contributed by atoms with Crippen LogP contribution in [-0.2, 0) is 4.79 Å². The summed E-state index contributed by atoms with van der Waals surface area (Å²) in [5, 5.41) is 5.96. The SMILES string of the molecule is CN=C(NCC(=O)Nc1cccnc1)N1CCC(CC(C)C)C1.I. The van der Waals surface area contributed by atoms with Crippen LogP contribution in [0.25, 0.3) is 0 Å². The lowest BCUT2D eigenvalue weighted by molar-refractivity contribution is -0.115. The topological polar surface area (TPSA) is 69.6 Å². The maximum absolute atomic E-state index is 12.0. The number of rotatable bonds is 5. The molecule has 1 aromatic heterocycles. The summed E-state index contributed by atoms with van der Waals surface area (Å²) in [5.41, 5.74) is 0.701. The van der Waals surface area contributed by atoms with E-state index in [1.807, 2.05) is 6.07 Å². The van der Waals surface area contributed by atoms with Crippen molar-refractivity contribution in [1.82, 2.24) is 15.2 Å². The number of carbonyl (C=O) groups excluding carboxylic acids is 1. The average Bonchev–Trinajstić information content (AvgIpc) is 2.96. The Labute approximate surface area is 161 Å². The standard InChI is InChI=1S/C17H27N5O.HI/c1-13(2)9-14-6-8-22(12-14)17(18-3)20-11-16(23)21-15-5-4-7-19-10-15;/h4-5,7,10,13-14H,6,8-9,11-12H2,1-3H3,(H,18,20)(H,21,23);1H. The number of guanidine groups is 1. The number of nitrogens with one attached hydrogen (secondary N) is 2. The van der Waals surface area contributed by atoms with Crippen LogP contribution in [0.3, 0.4) is 0 Å². The maximum atomic E-state index is 12.0. The first-order valence-electron chi connectivity index (χ1n) is 8.24. The number of aliphatic imine (C=N–C) groups is 1. The lowest BCUT2D eigenvalue weighted by Crippen LogP contribution is -2.43. The minimum Gasteiger partial charge on any atom is -0.347 e. The number of nitrogens with zero attached hydrogens (tertiary/aromatic N) is 3. The molecule has 1 aromatic rings. The van der Waals surface area contributed by atoms with Gasteiger partial charge in [-0.1, -0.05) is 13.8 Å². The summed E-state index contributed by atoms with van der Waals surface area (Å²) in [7, 11) is 1.76. The van der Waals surface area contributed by atoms with Gasteiger partial charge in [-0.15, -0.1) is 24.0 Å². The Hall–Kier alpha value is -1.38. The second-order valence-electron chi connectivity index (χ2n) is 6.42. The largest absolute Gasteiger partial charge is 0.347 e. The maximum Gasteiger partial charge on any atom is 0.243 e. The third-order valence-corrected chi connectivity index (χ3v) is 3.95. The highest BCUT2D eigenvalue weighted by Crippen LogP contribution is 2.23. The fourth-order valence-electron chi connectivity index (χ4n) is 3.02. The number of likely N-dealkylation sites (tertiary alicyclic amines) is 1. The van der Waals surface area contributed by atoms with Crippen molar-refractivity contribution in [1.29, 1.82) is 0 Å². The second-order valence-corrected chi connectivity index (χ2v) is 6.42. The van der Waals surface area contributed by atoms with Gasteiger partial charge in [-0.25, -0.2) is 0 Å². The summed E-state index contributed by atoms with van der Waals surface area (Å²) in [6.45, 7) is 6.74. The van der Waals surface area contributed by atoms with Crippen LogP contribution in [-0.4, -0.2) is 48.4 Å². The summed E-state index contributed by atoms with van der Waals surface area (Å²) >= 11 is 0. The fraction of sp³-hybridized carbons (Fsp3) is 0.588. The molecule has 0 aliphatic carbocycles. The van der Waals surface area contributed by atoms with E-state index in [4.69, 9.17) is 0 Å². The van der Waals surface area contributed by atoms with Gasteiger partial charge in [-0.2, -0.15) is 0 Å². The predicted octanol–water partition coefficient (Wildman–Crippen LogP) is 2.58. The number of aromatic nitrogens is 1. The Morgan fingerprint density at radius 3 is 2.92 bits per heavy atom. The summed E-state index contributed by atoms with van der Waals surface area (Å²) in [4.78, 5) is 22.5. The molecule has 1 fully saturated rings. The number of hydrogen-bond acceptors (Lipinski definition) is 3. The van der Waals surface area contributed by atoms with Gasteiger partial charge < -0.3 is 15.5 Å². The van der Waals surface area contributed by atoms with Gasteiger partial charge in [0.05, 0.1) is 18.4 Å². The Morgan fingerprint density at radius 1 is 1.50 bits per heavy atom. The predicted molar refractivity (Wildman–Crippen MR) is 109 cm³/mol. The number of carbonyl (C=O) groups is 1. The van der Waals surface area contributed by atoms with E-state index < -0.39 is 0 Å². The molecule has 1 aliphatic heterocycles.